The number of benzene rings is 1. The SMILES string of the molecule is COc1cccc(N2C[C@H](C(=O)NCCN)CC2=O)c1. The van der Waals surface area contributed by atoms with Crippen molar-refractivity contribution in [2.75, 3.05) is 31.6 Å². The first-order valence-corrected chi connectivity index (χ1v) is 6.58. The fraction of sp³-hybridized carbons (Fsp3) is 0.429. The minimum absolute atomic E-state index is 0.0499. The molecule has 108 valence electrons. The van der Waals surface area contributed by atoms with Crippen molar-refractivity contribution in [2.45, 2.75) is 6.42 Å². The van der Waals surface area contributed by atoms with Gasteiger partial charge in [0.2, 0.25) is 11.8 Å². The number of hydrogen-bond donors (Lipinski definition) is 2. The Labute approximate surface area is 117 Å². The average Bonchev–Trinajstić information content (AvgIpc) is 2.87. The first kappa shape index (κ1) is 14.3. The molecule has 0 radical (unpaired) electrons. The predicted octanol–water partition coefficient (Wildman–Crippen LogP) is 0.123. The van der Waals surface area contributed by atoms with Gasteiger partial charge in [0.05, 0.1) is 13.0 Å². The van der Waals surface area contributed by atoms with Crippen molar-refractivity contribution in [3.63, 3.8) is 0 Å². The molecule has 1 atom stereocenters. The first-order valence-electron chi connectivity index (χ1n) is 6.58. The van der Waals surface area contributed by atoms with E-state index < -0.39 is 0 Å². The van der Waals surface area contributed by atoms with E-state index in [4.69, 9.17) is 10.5 Å². The number of nitrogens with zero attached hydrogens (tertiary/aromatic N) is 1. The van der Waals surface area contributed by atoms with Gasteiger partial charge in [-0.05, 0) is 12.1 Å². The van der Waals surface area contributed by atoms with E-state index >= 15 is 0 Å². The van der Waals surface area contributed by atoms with Crippen LogP contribution in [0, 0.1) is 5.92 Å². The van der Waals surface area contributed by atoms with Crippen molar-refractivity contribution in [3.05, 3.63) is 24.3 Å². The van der Waals surface area contributed by atoms with E-state index in [9.17, 15) is 9.59 Å². The molecule has 2 rings (SSSR count). The fourth-order valence-corrected chi connectivity index (χ4v) is 2.25. The Morgan fingerprint density at radius 1 is 1.55 bits per heavy atom. The first-order chi connectivity index (χ1) is 9.65. The van der Waals surface area contributed by atoms with Gasteiger partial charge >= 0.3 is 0 Å². The lowest BCUT2D eigenvalue weighted by Crippen LogP contribution is -2.35. The lowest BCUT2D eigenvalue weighted by atomic mass is 10.1. The summed E-state index contributed by atoms with van der Waals surface area (Å²) >= 11 is 0. The summed E-state index contributed by atoms with van der Waals surface area (Å²) in [6, 6.07) is 7.26. The van der Waals surface area contributed by atoms with Gasteiger partial charge in [-0.15, -0.1) is 0 Å². The van der Waals surface area contributed by atoms with Crippen molar-refractivity contribution in [1.29, 1.82) is 0 Å². The molecule has 1 heterocycles. The molecule has 0 saturated carbocycles. The maximum Gasteiger partial charge on any atom is 0.227 e. The smallest absolute Gasteiger partial charge is 0.227 e. The molecule has 1 fully saturated rings. The second-order valence-electron chi connectivity index (χ2n) is 4.69. The van der Waals surface area contributed by atoms with Crippen LogP contribution in [0.1, 0.15) is 6.42 Å². The summed E-state index contributed by atoms with van der Waals surface area (Å²) in [5, 5.41) is 2.72. The molecule has 6 heteroatoms. The van der Waals surface area contributed by atoms with E-state index in [0.29, 0.717) is 25.4 Å². The van der Waals surface area contributed by atoms with E-state index in [1.165, 1.54) is 0 Å². The number of anilines is 1. The number of nitrogens with one attached hydrogen (secondary N) is 1. The Bertz CT molecular complexity index is 504. The van der Waals surface area contributed by atoms with Gasteiger partial charge in [0.1, 0.15) is 5.75 Å². The van der Waals surface area contributed by atoms with Crippen LogP contribution in [-0.2, 0) is 9.59 Å². The molecule has 2 amide bonds. The van der Waals surface area contributed by atoms with Crippen LogP contribution in [0.25, 0.3) is 0 Å². The van der Waals surface area contributed by atoms with Gasteiger partial charge in [-0.1, -0.05) is 6.07 Å². The topological polar surface area (TPSA) is 84.7 Å². The van der Waals surface area contributed by atoms with Crippen LogP contribution in [0.2, 0.25) is 0 Å². The Morgan fingerprint density at radius 2 is 2.35 bits per heavy atom. The lowest BCUT2D eigenvalue weighted by molar-refractivity contribution is -0.126. The van der Waals surface area contributed by atoms with Gasteiger partial charge in [-0.2, -0.15) is 0 Å². The monoisotopic (exact) mass is 277 g/mol. The Morgan fingerprint density at radius 3 is 3.05 bits per heavy atom. The second kappa shape index (κ2) is 6.38. The summed E-state index contributed by atoms with van der Waals surface area (Å²) in [7, 11) is 1.58. The van der Waals surface area contributed by atoms with Crippen LogP contribution in [0.3, 0.4) is 0 Å². The minimum Gasteiger partial charge on any atom is -0.497 e. The second-order valence-corrected chi connectivity index (χ2v) is 4.69. The van der Waals surface area contributed by atoms with Crippen LogP contribution >= 0.6 is 0 Å². The zero-order chi connectivity index (χ0) is 14.5. The summed E-state index contributed by atoms with van der Waals surface area (Å²) in [5.74, 6) is 0.201. The van der Waals surface area contributed by atoms with E-state index in [2.05, 4.69) is 5.32 Å². The van der Waals surface area contributed by atoms with E-state index in [1.54, 1.807) is 18.1 Å². The molecule has 3 N–H and O–H groups in total. The third kappa shape index (κ3) is 3.08. The summed E-state index contributed by atoms with van der Waals surface area (Å²) < 4.78 is 5.15. The zero-order valence-electron chi connectivity index (χ0n) is 11.5. The minimum atomic E-state index is -0.319. The number of carbonyl (C=O) groups is 2. The van der Waals surface area contributed by atoms with E-state index in [-0.39, 0.29) is 24.2 Å². The highest BCUT2D eigenvalue weighted by atomic mass is 16.5. The molecule has 6 nitrogen and oxygen atoms in total. The van der Waals surface area contributed by atoms with Gasteiger partial charge in [0.15, 0.2) is 0 Å². The largest absolute Gasteiger partial charge is 0.497 e. The highest BCUT2D eigenvalue weighted by Gasteiger charge is 2.34. The number of methoxy groups -OCH3 is 1. The maximum atomic E-state index is 12.0. The number of rotatable bonds is 5. The van der Waals surface area contributed by atoms with Crippen LogP contribution in [0.5, 0.6) is 5.75 Å². The molecule has 1 saturated heterocycles. The third-order valence-electron chi connectivity index (χ3n) is 3.30. The molecule has 0 unspecified atom stereocenters. The Kier molecular flexibility index (Phi) is 4.57. The van der Waals surface area contributed by atoms with Gasteiger partial charge < -0.3 is 20.7 Å². The van der Waals surface area contributed by atoms with Crippen LogP contribution in [0.4, 0.5) is 5.69 Å². The van der Waals surface area contributed by atoms with Gasteiger partial charge in [-0.25, -0.2) is 0 Å². The number of hydrogen-bond acceptors (Lipinski definition) is 4. The standard InChI is InChI=1S/C14H19N3O3/c1-20-12-4-2-3-11(8-12)17-9-10(7-13(17)18)14(19)16-6-5-15/h2-4,8,10H,5-7,9,15H2,1H3,(H,16,19)/t10-/m1/s1. The fourth-order valence-electron chi connectivity index (χ4n) is 2.25. The molecule has 1 aromatic carbocycles. The molecule has 0 aromatic heterocycles. The van der Waals surface area contributed by atoms with Crippen molar-refractivity contribution < 1.29 is 14.3 Å². The molecule has 0 aliphatic carbocycles. The summed E-state index contributed by atoms with van der Waals surface area (Å²) in [4.78, 5) is 25.5. The van der Waals surface area contributed by atoms with E-state index in [0.717, 1.165) is 5.69 Å². The van der Waals surface area contributed by atoms with Crippen molar-refractivity contribution in [2.24, 2.45) is 11.7 Å². The summed E-state index contributed by atoms with van der Waals surface area (Å²) in [6.45, 7) is 1.22. The molecular weight excluding hydrogens is 258 g/mol. The highest BCUT2D eigenvalue weighted by molar-refractivity contribution is 6.00. The molecular formula is C14H19N3O3. The van der Waals surface area contributed by atoms with Gasteiger partial charge in [-0.3, -0.25) is 9.59 Å². The molecule has 1 aliphatic rings. The summed E-state index contributed by atoms with van der Waals surface area (Å²) in [6.07, 6.45) is 0.230. The third-order valence-corrected chi connectivity index (χ3v) is 3.30. The predicted molar refractivity (Wildman–Crippen MR) is 75.5 cm³/mol. The Balaban J connectivity index is 2.07. The molecule has 0 bridgehead atoms. The average molecular weight is 277 g/mol. The number of nitrogens with two attached hydrogens (primary N) is 1. The normalized spacial score (nSPS) is 18.2. The van der Waals surface area contributed by atoms with Crippen molar-refractivity contribution >= 4 is 17.5 Å². The quantitative estimate of drug-likeness (QED) is 0.801. The lowest BCUT2D eigenvalue weighted by Gasteiger charge is -2.17. The van der Waals surface area contributed by atoms with E-state index in [1.807, 2.05) is 18.2 Å². The van der Waals surface area contributed by atoms with Gasteiger partial charge in [0, 0.05) is 37.8 Å². The van der Waals surface area contributed by atoms with Crippen LogP contribution < -0.4 is 20.7 Å². The molecule has 1 aliphatic heterocycles. The number of amides is 2. The van der Waals surface area contributed by atoms with Crippen molar-refractivity contribution in [3.8, 4) is 5.75 Å². The van der Waals surface area contributed by atoms with Crippen LogP contribution in [-0.4, -0.2) is 38.6 Å². The molecule has 20 heavy (non-hydrogen) atoms. The Hall–Kier alpha value is -2.08. The van der Waals surface area contributed by atoms with Crippen LogP contribution in [0.15, 0.2) is 24.3 Å². The zero-order valence-corrected chi connectivity index (χ0v) is 11.5. The maximum absolute atomic E-state index is 12.0. The van der Waals surface area contributed by atoms with Crippen molar-refractivity contribution in [1.82, 2.24) is 5.32 Å². The number of ether oxygens (including phenoxy) is 1. The summed E-state index contributed by atoms with van der Waals surface area (Å²) in [5.41, 5.74) is 6.10. The number of carbonyl (C=O) groups excluding carboxylic acids is 2. The van der Waals surface area contributed by atoms with Gasteiger partial charge in [0.25, 0.3) is 0 Å². The molecule has 1 aromatic rings. The highest BCUT2D eigenvalue weighted by Crippen LogP contribution is 2.27. The molecule has 0 spiro atoms.